The Bertz CT molecular complexity index is 979. The van der Waals surface area contributed by atoms with Gasteiger partial charge in [0.2, 0.25) is 5.91 Å². The molecule has 1 aliphatic heterocycles. The Morgan fingerprint density at radius 1 is 1.21 bits per heavy atom. The van der Waals surface area contributed by atoms with Crippen LogP contribution in [0, 0.1) is 12.8 Å². The number of amides is 1. The van der Waals surface area contributed by atoms with E-state index in [0.29, 0.717) is 11.1 Å². The largest absolute Gasteiger partial charge is 0.469 e. The summed E-state index contributed by atoms with van der Waals surface area (Å²) in [4.78, 5) is 15.3. The number of furan rings is 1. The van der Waals surface area contributed by atoms with Crippen LogP contribution in [0.3, 0.4) is 0 Å². The fourth-order valence-electron chi connectivity index (χ4n) is 3.47. The lowest BCUT2D eigenvalue weighted by atomic mass is 10.0. The summed E-state index contributed by atoms with van der Waals surface area (Å²) >= 11 is 1.34. The molecule has 0 fully saturated rings. The number of benzene rings is 1. The summed E-state index contributed by atoms with van der Waals surface area (Å²) in [6, 6.07) is 9.94. The number of hydrogen-bond acceptors (Lipinski definition) is 6. The number of hydrogen-bond donors (Lipinski definition) is 0. The maximum Gasteiger partial charge on any atom is 0.277 e. The molecule has 1 aliphatic rings. The van der Waals surface area contributed by atoms with Gasteiger partial charge in [-0.25, -0.2) is 0 Å². The number of fused-ring (bicyclic) bond motifs is 1. The number of carbonyl (C=O) groups excluding carboxylic acids is 1. The van der Waals surface area contributed by atoms with Crippen LogP contribution in [-0.2, 0) is 11.2 Å². The van der Waals surface area contributed by atoms with Crippen LogP contribution < -0.4 is 4.90 Å². The number of nitrogens with zero attached hydrogens (tertiary/aromatic N) is 3. The molecule has 1 aromatic carbocycles. The molecule has 28 heavy (non-hydrogen) atoms. The van der Waals surface area contributed by atoms with Crippen molar-refractivity contribution in [2.45, 2.75) is 44.1 Å². The summed E-state index contributed by atoms with van der Waals surface area (Å²) in [6.07, 6.45) is 3.58. The lowest BCUT2D eigenvalue weighted by molar-refractivity contribution is -0.118. The fourth-order valence-corrected chi connectivity index (χ4v) is 4.40. The highest BCUT2D eigenvalue weighted by molar-refractivity contribution is 8.00. The first-order chi connectivity index (χ1) is 13.5. The Balaban J connectivity index is 1.56. The molecule has 0 saturated heterocycles. The van der Waals surface area contributed by atoms with Crippen molar-refractivity contribution >= 4 is 23.4 Å². The second kappa shape index (κ2) is 7.83. The van der Waals surface area contributed by atoms with Crippen LogP contribution in [0.25, 0.3) is 11.5 Å². The number of aryl methyl sites for hydroxylation is 2. The van der Waals surface area contributed by atoms with Crippen molar-refractivity contribution in [2.75, 3.05) is 11.4 Å². The summed E-state index contributed by atoms with van der Waals surface area (Å²) in [6.45, 7) is 6.68. The molecule has 1 atom stereocenters. The minimum atomic E-state index is -0.301. The lowest BCUT2D eigenvalue weighted by Crippen LogP contribution is -2.42. The van der Waals surface area contributed by atoms with Gasteiger partial charge < -0.3 is 13.7 Å². The fraction of sp³-hybridized carbons (Fsp3) is 0.381. The van der Waals surface area contributed by atoms with E-state index in [1.165, 1.54) is 17.3 Å². The average Bonchev–Trinajstić information content (AvgIpc) is 3.33. The molecule has 6 nitrogen and oxygen atoms in total. The molecule has 0 N–H and O–H groups in total. The summed E-state index contributed by atoms with van der Waals surface area (Å²) in [5.74, 6) is 1.35. The van der Waals surface area contributed by atoms with Crippen LogP contribution in [0.4, 0.5) is 5.69 Å². The Kier molecular flexibility index (Phi) is 5.26. The topological polar surface area (TPSA) is 72.4 Å². The van der Waals surface area contributed by atoms with Crippen LogP contribution in [-0.4, -0.2) is 27.9 Å². The molecule has 1 amide bonds. The molecule has 0 radical (unpaired) electrons. The van der Waals surface area contributed by atoms with Crippen molar-refractivity contribution in [1.29, 1.82) is 0 Å². The zero-order valence-corrected chi connectivity index (χ0v) is 17.0. The predicted molar refractivity (Wildman–Crippen MR) is 108 cm³/mol. The maximum absolute atomic E-state index is 13.4. The quantitative estimate of drug-likeness (QED) is 0.579. The lowest BCUT2D eigenvalue weighted by Gasteiger charge is -2.32. The summed E-state index contributed by atoms with van der Waals surface area (Å²) in [5, 5.41) is 8.35. The Morgan fingerprint density at radius 2 is 2.04 bits per heavy atom. The van der Waals surface area contributed by atoms with Crippen LogP contribution >= 0.6 is 11.8 Å². The van der Waals surface area contributed by atoms with E-state index in [9.17, 15) is 4.79 Å². The Hall–Kier alpha value is -2.54. The van der Waals surface area contributed by atoms with Gasteiger partial charge in [0.25, 0.3) is 11.1 Å². The second-order valence-electron chi connectivity index (χ2n) is 7.27. The first kappa shape index (κ1) is 18.8. The second-order valence-corrected chi connectivity index (χ2v) is 8.36. The zero-order chi connectivity index (χ0) is 19.7. The van der Waals surface area contributed by atoms with E-state index in [4.69, 9.17) is 8.83 Å². The van der Waals surface area contributed by atoms with Gasteiger partial charge in [0, 0.05) is 12.2 Å². The monoisotopic (exact) mass is 397 g/mol. The number of anilines is 1. The van der Waals surface area contributed by atoms with Crippen molar-refractivity contribution in [1.82, 2.24) is 10.2 Å². The summed E-state index contributed by atoms with van der Waals surface area (Å²) < 4.78 is 11.1. The van der Waals surface area contributed by atoms with Crippen molar-refractivity contribution in [3.8, 4) is 11.5 Å². The van der Waals surface area contributed by atoms with Crippen LogP contribution in [0.5, 0.6) is 0 Å². The van der Waals surface area contributed by atoms with Gasteiger partial charge in [-0.05, 0) is 43.4 Å². The molecular weight excluding hydrogens is 374 g/mol. The van der Waals surface area contributed by atoms with E-state index in [-0.39, 0.29) is 17.1 Å². The third-order valence-corrected chi connectivity index (χ3v) is 6.32. The summed E-state index contributed by atoms with van der Waals surface area (Å²) in [5.41, 5.74) is 3.02. The predicted octanol–water partition coefficient (Wildman–Crippen LogP) is 4.73. The van der Waals surface area contributed by atoms with Gasteiger partial charge in [-0.2, -0.15) is 0 Å². The van der Waals surface area contributed by atoms with E-state index in [2.05, 4.69) is 16.3 Å². The standard InChI is InChI=1S/C21H23N3O3S/c1-13(2)18(20(25)24-11-6-8-15-7-4-5-9-17(15)24)28-21-23-22-19(27-21)16-10-12-26-14(16)3/h4-5,7,9-10,12-13,18H,6,8,11H2,1-3H3/t18-/m0/s1. The minimum Gasteiger partial charge on any atom is -0.469 e. The first-order valence-corrected chi connectivity index (χ1v) is 10.4. The van der Waals surface area contributed by atoms with E-state index in [0.717, 1.165) is 36.4 Å². The molecule has 0 saturated carbocycles. The van der Waals surface area contributed by atoms with Crippen molar-refractivity contribution in [3.05, 3.63) is 47.9 Å². The van der Waals surface area contributed by atoms with Crippen molar-refractivity contribution in [2.24, 2.45) is 5.92 Å². The third kappa shape index (κ3) is 3.58. The SMILES string of the molecule is Cc1occc1-c1nnc(S[C@H](C(=O)N2CCCc3ccccc32)C(C)C)o1. The molecule has 0 unspecified atom stereocenters. The van der Waals surface area contributed by atoms with E-state index in [1.807, 2.05) is 43.9 Å². The van der Waals surface area contributed by atoms with Gasteiger partial charge in [0.1, 0.15) is 5.76 Å². The number of rotatable bonds is 5. The van der Waals surface area contributed by atoms with Gasteiger partial charge in [-0.15, -0.1) is 10.2 Å². The molecule has 7 heteroatoms. The normalized spacial score (nSPS) is 14.9. The van der Waals surface area contributed by atoms with Gasteiger partial charge >= 0.3 is 0 Å². The average molecular weight is 398 g/mol. The summed E-state index contributed by atoms with van der Waals surface area (Å²) in [7, 11) is 0. The molecule has 3 aromatic rings. The molecule has 146 valence electrons. The van der Waals surface area contributed by atoms with Crippen LogP contribution in [0.15, 0.2) is 50.7 Å². The molecule has 0 aliphatic carbocycles. The number of carbonyl (C=O) groups is 1. The molecule has 2 aromatic heterocycles. The maximum atomic E-state index is 13.4. The molecule has 3 heterocycles. The number of thioether (sulfide) groups is 1. The van der Waals surface area contributed by atoms with Gasteiger partial charge in [-0.3, -0.25) is 4.79 Å². The van der Waals surface area contributed by atoms with Crippen molar-refractivity contribution in [3.63, 3.8) is 0 Å². The first-order valence-electron chi connectivity index (χ1n) is 9.48. The Morgan fingerprint density at radius 3 is 2.79 bits per heavy atom. The van der Waals surface area contributed by atoms with Crippen LogP contribution in [0.1, 0.15) is 31.6 Å². The minimum absolute atomic E-state index is 0.0893. The van der Waals surface area contributed by atoms with Gasteiger partial charge in [0.15, 0.2) is 0 Å². The zero-order valence-electron chi connectivity index (χ0n) is 16.2. The Labute approximate surface area is 168 Å². The third-order valence-electron chi connectivity index (χ3n) is 4.95. The van der Waals surface area contributed by atoms with E-state index < -0.39 is 0 Å². The van der Waals surface area contributed by atoms with E-state index >= 15 is 0 Å². The van der Waals surface area contributed by atoms with Crippen molar-refractivity contribution < 1.29 is 13.6 Å². The highest BCUT2D eigenvalue weighted by Crippen LogP contribution is 2.34. The number of aromatic nitrogens is 2. The number of para-hydroxylation sites is 1. The van der Waals surface area contributed by atoms with Gasteiger partial charge in [-0.1, -0.05) is 43.8 Å². The molecule has 0 bridgehead atoms. The molecular formula is C21H23N3O3S. The molecule has 0 spiro atoms. The van der Waals surface area contributed by atoms with E-state index in [1.54, 1.807) is 12.3 Å². The highest BCUT2D eigenvalue weighted by Gasteiger charge is 2.33. The molecule has 4 rings (SSSR count). The smallest absolute Gasteiger partial charge is 0.277 e. The van der Waals surface area contributed by atoms with Crippen LogP contribution in [0.2, 0.25) is 0 Å². The highest BCUT2D eigenvalue weighted by atomic mass is 32.2. The van der Waals surface area contributed by atoms with Gasteiger partial charge in [0.05, 0.1) is 17.1 Å².